The van der Waals surface area contributed by atoms with E-state index < -0.39 is 30.3 Å². The number of anilines is 2. The van der Waals surface area contributed by atoms with Crippen LogP contribution >= 0.6 is 0 Å². The summed E-state index contributed by atoms with van der Waals surface area (Å²) >= 11 is 0. The molecule has 0 aliphatic carbocycles. The Labute approximate surface area is 297 Å². The fourth-order valence-corrected chi connectivity index (χ4v) is 6.52. The maximum atomic E-state index is 15.2. The first kappa shape index (κ1) is 35.1. The molecule has 4 atom stereocenters. The van der Waals surface area contributed by atoms with Crippen molar-refractivity contribution in [2.24, 2.45) is 0 Å². The van der Waals surface area contributed by atoms with E-state index in [1.54, 1.807) is 53.6 Å². The summed E-state index contributed by atoms with van der Waals surface area (Å²) in [7, 11) is 3.06. The zero-order valence-corrected chi connectivity index (χ0v) is 28.8. The maximum Gasteiger partial charge on any atom is 0.325 e. The molecule has 1 aliphatic rings. The smallest absolute Gasteiger partial charge is 0.325 e. The average molecular weight is 687 g/mol. The average Bonchev–Trinajstić information content (AvgIpc) is 3.22. The van der Waals surface area contributed by atoms with E-state index in [0.29, 0.717) is 34.1 Å². The van der Waals surface area contributed by atoms with Gasteiger partial charge < -0.3 is 29.9 Å². The number of benzene rings is 4. The molecule has 3 N–H and O–H groups in total. The van der Waals surface area contributed by atoms with Crippen molar-refractivity contribution in [1.82, 2.24) is 9.88 Å². The summed E-state index contributed by atoms with van der Waals surface area (Å²) in [5, 5.41) is 27.0. The first-order valence-corrected chi connectivity index (χ1v) is 16.8. The van der Waals surface area contributed by atoms with E-state index in [1.165, 1.54) is 19.1 Å². The number of aliphatic hydroxyl groups is 2. The molecule has 262 valence electrons. The second-order valence-corrected chi connectivity index (χ2v) is 12.7. The first-order valence-electron chi connectivity index (χ1n) is 16.8. The lowest BCUT2D eigenvalue weighted by Crippen LogP contribution is -2.51. The molecule has 1 aliphatic heterocycles. The van der Waals surface area contributed by atoms with Crippen molar-refractivity contribution in [2.45, 2.75) is 50.6 Å². The Morgan fingerprint density at radius 2 is 1.33 bits per heavy atom. The number of aromatic nitrogens is 1. The number of methoxy groups -OCH3 is 2. The molecular weight excluding hydrogens is 644 g/mol. The van der Waals surface area contributed by atoms with Crippen LogP contribution in [0.2, 0.25) is 0 Å². The lowest BCUT2D eigenvalue weighted by atomic mass is 9.90. The minimum Gasteiger partial charge on any atom is -0.497 e. The number of nitrogens with zero attached hydrogens (tertiary/aromatic N) is 3. The molecule has 2 heterocycles. The van der Waals surface area contributed by atoms with Crippen molar-refractivity contribution in [3.8, 4) is 11.5 Å². The highest BCUT2D eigenvalue weighted by atomic mass is 16.5. The number of hydrogen-bond donors (Lipinski definition) is 3. The number of nitrogens with one attached hydrogen (secondary N) is 1. The van der Waals surface area contributed by atoms with Crippen LogP contribution in [-0.4, -0.2) is 70.5 Å². The van der Waals surface area contributed by atoms with Gasteiger partial charge in [-0.2, -0.15) is 0 Å². The lowest BCUT2D eigenvalue weighted by molar-refractivity contribution is -0.0291. The molecule has 1 fully saturated rings. The standard InChI is InChI=1S/C41H42N4O6/c1-27-17-18-37(42-25-27)43-40(48)31-16-10-15-30(19-31)26-44-35(20-28-11-6-4-7-12-28)38(46)39(47)36(21-29-13-8-5-9-14-29)45(41(44)49)32-22-33(50-2)24-34(23-32)51-3/h4-19,22-25,35-36,38-39,46-47H,20-21,26H2,1-3H3,(H,42,43,48)/t35-,36-,38+,39+/m1/s1. The SMILES string of the molecule is COc1cc(OC)cc(N2C(=O)N(Cc3cccc(C(=O)Nc4ccc(C)cn4)c3)[C@H](Cc3ccccc3)[C@H](O)[C@@H](O)[C@H]2Cc2ccccc2)c1. The second-order valence-electron chi connectivity index (χ2n) is 12.7. The number of hydrogen-bond acceptors (Lipinski definition) is 7. The molecule has 0 saturated carbocycles. The van der Waals surface area contributed by atoms with Crippen molar-refractivity contribution in [1.29, 1.82) is 0 Å². The Morgan fingerprint density at radius 3 is 1.92 bits per heavy atom. The van der Waals surface area contributed by atoms with Crippen LogP contribution in [0.5, 0.6) is 11.5 Å². The van der Waals surface area contributed by atoms with E-state index in [0.717, 1.165) is 16.7 Å². The minimum atomic E-state index is -1.34. The van der Waals surface area contributed by atoms with E-state index in [1.807, 2.05) is 79.7 Å². The monoisotopic (exact) mass is 686 g/mol. The zero-order valence-electron chi connectivity index (χ0n) is 28.8. The summed E-state index contributed by atoms with van der Waals surface area (Å²) in [5.41, 5.74) is 4.23. The number of rotatable bonds is 11. The molecule has 0 radical (unpaired) electrons. The zero-order chi connectivity index (χ0) is 35.9. The maximum absolute atomic E-state index is 15.2. The van der Waals surface area contributed by atoms with Crippen LogP contribution in [0.1, 0.15) is 32.6 Å². The number of carbonyl (C=O) groups excluding carboxylic acids is 2. The van der Waals surface area contributed by atoms with Gasteiger partial charge in [0.2, 0.25) is 0 Å². The van der Waals surface area contributed by atoms with Gasteiger partial charge in [-0.15, -0.1) is 0 Å². The third kappa shape index (κ3) is 8.20. The van der Waals surface area contributed by atoms with Crippen molar-refractivity contribution >= 4 is 23.4 Å². The van der Waals surface area contributed by atoms with Crippen LogP contribution in [-0.2, 0) is 19.4 Å². The Balaban J connectivity index is 1.43. The molecule has 1 aromatic heterocycles. The molecule has 51 heavy (non-hydrogen) atoms. The van der Waals surface area contributed by atoms with Gasteiger partial charge in [0, 0.05) is 36.5 Å². The van der Waals surface area contributed by atoms with Gasteiger partial charge in [-0.05, 0) is 60.2 Å². The molecule has 10 nitrogen and oxygen atoms in total. The number of pyridine rings is 1. The molecule has 6 rings (SSSR count). The Hall–Kier alpha value is -5.71. The summed E-state index contributed by atoms with van der Waals surface area (Å²) in [6.45, 7) is 1.96. The molecule has 0 unspecified atom stereocenters. The largest absolute Gasteiger partial charge is 0.497 e. The summed E-state index contributed by atoms with van der Waals surface area (Å²) in [5.74, 6) is 1.00. The van der Waals surface area contributed by atoms with E-state index in [2.05, 4.69) is 10.3 Å². The molecule has 1 saturated heterocycles. The summed E-state index contributed by atoms with van der Waals surface area (Å²) in [4.78, 5) is 35.9. The second kappa shape index (κ2) is 15.9. The normalized spacial score (nSPS) is 19.0. The van der Waals surface area contributed by atoms with Gasteiger partial charge in [0.1, 0.15) is 29.5 Å². The van der Waals surface area contributed by atoms with Gasteiger partial charge in [-0.1, -0.05) is 78.9 Å². The quantitative estimate of drug-likeness (QED) is 0.155. The summed E-state index contributed by atoms with van der Waals surface area (Å²) in [6, 6.07) is 32.8. The number of ether oxygens (including phenoxy) is 2. The molecule has 0 spiro atoms. The van der Waals surface area contributed by atoms with Gasteiger partial charge in [0.25, 0.3) is 5.91 Å². The van der Waals surface area contributed by atoms with Crippen LogP contribution in [0.3, 0.4) is 0 Å². The Kier molecular flexibility index (Phi) is 10.9. The van der Waals surface area contributed by atoms with E-state index in [-0.39, 0.29) is 25.3 Å². The van der Waals surface area contributed by atoms with Crippen LogP contribution < -0.4 is 19.7 Å². The van der Waals surface area contributed by atoms with Crippen LogP contribution in [0, 0.1) is 6.92 Å². The Morgan fingerprint density at radius 1 is 0.745 bits per heavy atom. The van der Waals surface area contributed by atoms with Crippen LogP contribution in [0.25, 0.3) is 0 Å². The predicted molar refractivity (Wildman–Crippen MR) is 196 cm³/mol. The number of aryl methyl sites for hydroxylation is 1. The highest BCUT2D eigenvalue weighted by Gasteiger charge is 2.47. The lowest BCUT2D eigenvalue weighted by Gasteiger charge is -2.36. The number of urea groups is 1. The highest BCUT2D eigenvalue weighted by molar-refractivity contribution is 6.04. The first-order chi connectivity index (χ1) is 24.7. The number of carbonyl (C=O) groups is 2. The van der Waals surface area contributed by atoms with Gasteiger partial charge in [-0.3, -0.25) is 9.69 Å². The minimum absolute atomic E-state index is 0.0413. The molecule has 0 bridgehead atoms. The van der Waals surface area contributed by atoms with Gasteiger partial charge in [0.05, 0.1) is 32.0 Å². The highest BCUT2D eigenvalue weighted by Crippen LogP contribution is 2.36. The Bertz CT molecular complexity index is 1920. The van der Waals surface area contributed by atoms with Gasteiger partial charge in [-0.25, -0.2) is 9.78 Å². The number of amides is 3. The van der Waals surface area contributed by atoms with Gasteiger partial charge >= 0.3 is 6.03 Å². The third-order valence-electron chi connectivity index (χ3n) is 9.21. The van der Waals surface area contributed by atoms with E-state index >= 15 is 4.79 Å². The third-order valence-corrected chi connectivity index (χ3v) is 9.21. The van der Waals surface area contributed by atoms with Crippen molar-refractivity contribution in [3.63, 3.8) is 0 Å². The number of aliphatic hydroxyl groups excluding tert-OH is 2. The van der Waals surface area contributed by atoms with Crippen LogP contribution in [0.15, 0.2) is 121 Å². The van der Waals surface area contributed by atoms with E-state index in [4.69, 9.17) is 9.47 Å². The van der Waals surface area contributed by atoms with E-state index in [9.17, 15) is 15.0 Å². The molecular formula is C41H42N4O6. The molecule has 3 amide bonds. The summed E-state index contributed by atoms with van der Waals surface area (Å²) < 4.78 is 11.2. The summed E-state index contributed by atoms with van der Waals surface area (Å²) in [6.07, 6.45) is -0.460. The van der Waals surface area contributed by atoms with Crippen LogP contribution in [0.4, 0.5) is 16.3 Å². The predicted octanol–water partition coefficient (Wildman–Crippen LogP) is 6.05. The van der Waals surface area contributed by atoms with Crippen molar-refractivity contribution in [2.75, 3.05) is 24.4 Å². The van der Waals surface area contributed by atoms with Gasteiger partial charge in [0.15, 0.2) is 0 Å². The molecule has 10 heteroatoms. The molecule has 5 aromatic rings. The molecule has 4 aromatic carbocycles. The topological polar surface area (TPSA) is 124 Å². The van der Waals surface area contributed by atoms with Crippen molar-refractivity contribution < 1.29 is 29.3 Å². The fourth-order valence-electron chi connectivity index (χ4n) is 6.52. The fraction of sp³-hybridized carbons (Fsp3) is 0.244. The van der Waals surface area contributed by atoms with Crippen molar-refractivity contribution in [3.05, 3.63) is 149 Å².